The number of likely N-dealkylation sites (tertiary alicyclic amines) is 1. The predicted octanol–water partition coefficient (Wildman–Crippen LogP) is 2.55. The minimum Gasteiger partial charge on any atom is -0.493 e. The number of hydrogen-bond donors (Lipinski definition) is 1. The maximum atomic E-state index is 12.5. The molecule has 2 aromatic rings. The molecule has 1 aliphatic rings. The Bertz CT molecular complexity index is 779. The third kappa shape index (κ3) is 5.00. The first-order chi connectivity index (χ1) is 13.2. The van der Waals surface area contributed by atoms with Gasteiger partial charge < -0.3 is 19.7 Å². The van der Waals surface area contributed by atoms with E-state index in [2.05, 4.69) is 5.32 Å². The SMILES string of the molecule is COc1ccccc1OCC(=O)NC(CN1CCCC1=O)c1ccccc1. The maximum Gasteiger partial charge on any atom is 0.258 e. The molecule has 2 amide bonds. The molecule has 1 saturated heterocycles. The van der Waals surface area contributed by atoms with Gasteiger partial charge in [0.05, 0.1) is 13.2 Å². The molecule has 0 saturated carbocycles. The lowest BCUT2D eigenvalue weighted by atomic mass is 10.1. The van der Waals surface area contributed by atoms with Gasteiger partial charge in [-0.25, -0.2) is 0 Å². The molecule has 0 spiro atoms. The quantitative estimate of drug-likeness (QED) is 0.778. The van der Waals surface area contributed by atoms with E-state index in [1.807, 2.05) is 42.5 Å². The predicted molar refractivity (Wildman–Crippen MR) is 102 cm³/mol. The number of carbonyl (C=O) groups is 2. The Morgan fingerprint density at radius 3 is 2.48 bits per heavy atom. The molecule has 0 radical (unpaired) electrons. The van der Waals surface area contributed by atoms with E-state index in [1.165, 1.54) is 0 Å². The minimum absolute atomic E-state index is 0.127. The van der Waals surface area contributed by atoms with Crippen LogP contribution in [0.3, 0.4) is 0 Å². The highest BCUT2D eigenvalue weighted by molar-refractivity contribution is 5.79. The molecule has 142 valence electrons. The molecule has 6 heteroatoms. The Morgan fingerprint density at radius 2 is 1.81 bits per heavy atom. The standard InChI is InChI=1S/C21H24N2O4/c1-26-18-10-5-6-11-19(18)27-15-20(24)22-17(16-8-3-2-4-9-16)14-23-13-7-12-21(23)25/h2-6,8-11,17H,7,12-15H2,1H3,(H,22,24). The summed E-state index contributed by atoms with van der Waals surface area (Å²) in [5.41, 5.74) is 0.961. The van der Waals surface area contributed by atoms with Crippen molar-refractivity contribution in [1.82, 2.24) is 10.2 Å². The van der Waals surface area contributed by atoms with Crippen LogP contribution in [0.1, 0.15) is 24.4 Å². The van der Waals surface area contributed by atoms with E-state index in [0.29, 0.717) is 24.5 Å². The smallest absolute Gasteiger partial charge is 0.258 e. The summed E-state index contributed by atoms with van der Waals surface area (Å²) in [5.74, 6) is 0.977. The summed E-state index contributed by atoms with van der Waals surface area (Å²) in [6.45, 7) is 1.07. The topological polar surface area (TPSA) is 67.9 Å². The number of hydrogen-bond acceptors (Lipinski definition) is 4. The molecule has 0 bridgehead atoms. The number of nitrogens with zero attached hydrogens (tertiary/aromatic N) is 1. The molecule has 1 heterocycles. The van der Waals surface area contributed by atoms with Crippen molar-refractivity contribution >= 4 is 11.8 Å². The second-order valence-corrected chi connectivity index (χ2v) is 6.41. The van der Waals surface area contributed by atoms with Crippen LogP contribution in [0.4, 0.5) is 0 Å². The molecule has 1 unspecified atom stereocenters. The molecular weight excluding hydrogens is 344 g/mol. The highest BCUT2D eigenvalue weighted by atomic mass is 16.5. The monoisotopic (exact) mass is 368 g/mol. The minimum atomic E-state index is -0.276. The van der Waals surface area contributed by atoms with Crippen molar-refractivity contribution in [3.63, 3.8) is 0 Å². The third-order valence-electron chi connectivity index (χ3n) is 4.54. The van der Waals surface area contributed by atoms with Crippen molar-refractivity contribution < 1.29 is 19.1 Å². The van der Waals surface area contributed by atoms with Crippen molar-refractivity contribution in [3.05, 3.63) is 60.2 Å². The van der Waals surface area contributed by atoms with Crippen molar-refractivity contribution in [2.75, 3.05) is 26.8 Å². The number of amides is 2. The highest BCUT2D eigenvalue weighted by Crippen LogP contribution is 2.25. The summed E-state index contributed by atoms with van der Waals surface area (Å²) in [5, 5.41) is 2.99. The number of ether oxygens (including phenoxy) is 2. The molecule has 1 aliphatic heterocycles. The van der Waals surface area contributed by atoms with Crippen LogP contribution in [0.25, 0.3) is 0 Å². The van der Waals surface area contributed by atoms with Crippen molar-refractivity contribution in [1.29, 1.82) is 0 Å². The molecule has 6 nitrogen and oxygen atoms in total. The van der Waals surface area contributed by atoms with Gasteiger partial charge in [-0.3, -0.25) is 9.59 Å². The van der Waals surface area contributed by atoms with Gasteiger partial charge in [0.2, 0.25) is 5.91 Å². The van der Waals surface area contributed by atoms with Gasteiger partial charge in [0.1, 0.15) is 0 Å². The highest BCUT2D eigenvalue weighted by Gasteiger charge is 2.25. The summed E-state index contributed by atoms with van der Waals surface area (Å²) < 4.78 is 10.8. The molecule has 3 rings (SSSR count). The Hall–Kier alpha value is -3.02. The van der Waals surface area contributed by atoms with E-state index in [0.717, 1.165) is 18.5 Å². The molecule has 27 heavy (non-hydrogen) atoms. The van der Waals surface area contributed by atoms with Crippen LogP contribution in [0, 0.1) is 0 Å². The van der Waals surface area contributed by atoms with Crippen LogP contribution in [0.5, 0.6) is 11.5 Å². The second-order valence-electron chi connectivity index (χ2n) is 6.41. The lowest BCUT2D eigenvalue weighted by Crippen LogP contribution is -2.40. The average Bonchev–Trinajstić information content (AvgIpc) is 3.11. The van der Waals surface area contributed by atoms with E-state index in [9.17, 15) is 9.59 Å². The third-order valence-corrected chi connectivity index (χ3v) is 4.54. The summed E-state index contributed by atoms with van der Waals surface area (Å²) in [7, 11) is 1.56. The second kappa shape index (κ2) is 9.07. The normalized spacial score (nSPS) is 14.7. The van der Waals surface area contributed by atoms with Gasteiger partial charge in [-0.2, -0.15) is 0 Å². The number of methoxy groups -OCH3 is 1. The van der Waals surface area contributed by atoms with Gasteiger partial charge >= 0.3 is 0 Å². The Kier molecular flexibility index (Phi) is 6.30. The molecule has 0 aliphatic carbocycles. The van der Waals surface area contributed by atoms with Gasteiger partial charge in [-0.1, -0.05) is 42.5 Å². The largest absolute Gasteiger partial charge is 0.493 e. The average molecular weight is 368 g/mol. The Labute approximate surface area is 159 Å². The van der Waals surface area contributed by atoms with Gasteiger partial charge in [-0.15, -0.1) is 0 Å². The fourth-order valence-corrected chi connectivity index (χ4v) is 3.15. The molecular formula is C21H24N2O4. The molecule has 1 atom stereocenters. The van der Waals surface area contributed by atoms with Crippen molar-refractivity contribution in [3.8, 4) is 11.5 Å². The zero-order chi connectivity index (χ0) is 19.1. The fourth-order valence-electron chi connectivity index (χ4n) is 3.15. The van der Waals surface area contributed by atoms with E-state index in [4.69, 9.17) is 9.47 Å². The number of para-hydroxylation sites is 2. The van der Waals surface area contributed by atoms with Crippen LogP contribution in [-0.2, 0) is 9.59 Å². The molecule has 2 aromatic carbocycles. The van der Waals surface area contributed by atoms with Gasteiger partial charge in [0.25, 0.3) is 5.91 Å². The molecule has 1 fully saturated rings. The zero-order valence-electron chi connectivity index (χ0n) is 15.4. The fraction of sp³-hybridized carbons (Fsp3) is 0.333. The summed E-state index contributed by atoms with van der Waals surface area (Å²) in [4.78, 5) is 26.3. The van der Waals surface area contributed by atoms with Crippen molar-refractivity contribution in [2.24, 2.45) is 0 Å². The molecule has 1 N–H and O–H groups in total. The number of rotatable bonds is 8. The van der Waals surface area contributed by atoms with E-state index in [1.54, 1.807) is 24.1 Å². The number of carbonyl (C=O) groups excluding carboxylic acids is 2. The lowest BCUT2D eigenvalue weighted by Gasteiger charge is -2.25. The summed E-state index contributed by atoms with van der Waals surface area (Å²) in [6.07, 6.45) is 1.44. The molecule has 0 aromatic heterocycles. The van der Waals surface area contributed by atoms with Gasteiger partial charge in [0, 0.05) is 19.5 Å². The lowest BCUT2D eigenvalue weighted by molar-refractivity contribution is -0.129. The number of benzene rings is 2. The van der Waals surface area contributed by atoms with Crippen LogP contribution in [0.2, 0.25) is 0 Å². The van der Waals surface area contributed by atoms with Crippen LogP contribution in [0.15, 0.2) is 54.6 Å². The van der Waals surface area contributed by atoms with Gasteiger partial charge in [0.15, 0.2) is 18.1 Å². The number of nitrogens with one attached hydrogen (secondary N) is 1. The first kappa shape index (κ1) is 18.8. The van der Waals surface area contributed by atoms with E-state index in [-0.39, 0.29) is 24.5 Å². The summed E-state index contributed by atoms with van der Waals surface area (Å²) >= 11 is 0. The maximum absolute atomic E-state index is 12.5. The Balaban J connectivity index is 1.64. The van der Waals surface area contributed by atoms with Crippen LogP contribution < -0.4 is 14.8 Å². The van der Waals surface area contributed by atoms with Crippen molar-refractivity contribution in [2.45, 2.75) is 18.9 Å². The van der Waals surface area contributed by atoms with Gasteiger partial charge in [-0.05, 0) is 24.1 Å². The van der Waals surface area contributed by atoms with Crippen LogP contribution >= 0.6 is 0 Å². The zero-order valence-corrected chi connectivity index (χ0v) is 15.4. The first-order valence-electron chi connectivity index (χ1n) is 9.05. The first-order valence-corrected chi connectivity index (χ1v) is 9.05. The Morgan fingerprint density at radius 1 is 1.11 bits per heavy atom. The van der Waals surface area contributed by atoms with E-state index >= 15 is 0 Å². The summed E-state index contributed by atoms with van der Waals surface area (Å²) in [6, 6.07) is 16.6. The van der Waals surface area contributed by atoms with Crippen LogP contribution in [-0.4, -0.2) is 43.5 Å². The van der Waals surface area contributed by atoms with E-state index < -0.39 is 0 Å².